The summed E-state index contributed by atoms with van der Waals surface area (Å²) in [4.78, 5) is 20.2. The van der Waals surface area contributed by atoms with E-state index in [-0.39, 0.29) is 5.69 Å². The lowest BCUT2D eigenvalue weighted by atomic mass is 10.3. The summed E-state index contributed by atoms with van der Waals surface area (Å²) < 4.78 is 0. The molecule has 0 aliphatic heterocycles. The van der Waals surface area contributed by atoms with Crippen molar-refractivity contribution in [2.75, 3.05) is 0 Å². The Kier molecular flexibility index (Phi) is 3.16. The van der Waals surface area contributed by atoms with E-state index in [4.69, 9.17) is 5.11 Å². The van der Waals surface area contributed by atoms with Gasteiger partial charge >= 0.3 is 5.97 Å². The molecule has 2 rings (SSSR count). The van der Waals surface area contributed by atoms with Crippen LogP contribution in [0.3, 0.4) is 0 Å². The summed E-state index contributed by atoms with van der Waals surface area (Å²) in [6, 6.07) is 7.12. The van der Waals surface area contributed by atoms with Crippen molar-refractivity contribution in [3.8, 4) is 0 Å². The molecule has 2 heterocycles. The molecule has 0 saturated carbocycles. The van der Waals surface area contributed by atoms with Crippen molar-refractivity contribution in [2.24, 2.45) is 0 Å². The van der Waals surface area contributed by atoms with Gasteiger partial charge in [-0.3, -0.25) is 4.98 Å². The first-order valence-electron chi connectivity index (χ1n) is 4.53. The summed E-state index contributed by atoms with van der Waals surface area (Å²) in [5, 5.41) is 8.95. The number of aromatic nitrogens is 2. The highest BCUT2D eigenvalue weighted by atomic mass is 32.2. The number of pyridine rings is 2. The molecular formula is C11H8N2O2S. The average Bonchev–Trinajstić information content (AvgIpc) is 2.31. The third kappa shape index (κ3) is 2.38. The van der Waals surface area contributed by atoms with Crippen LogP contribution in [0.25, 0.3) is 0 Å². The third-order valence-electron chi connectivity index (χ3n) is 1.84. The molecule has 0 unspecified atom stereocenters. The van der Waals surface area contributed by atoms with Gasteiger partial charge in [-0.1, -0.05) is 11.8 Å². The van der Waals surface area contributed by atoms with Crippen molar-refractivity contribution < 1.29 is 9.90 Å². The standard InChI is InChI=1S/C11H8N2O2S/c14-11(15)10-9(4-2-6-13-10)16-8-3-1-5-12-7-8/h1-7H,(H,14,15). The molecule has 0 spiro atoms. The van der Waals surface area contributed by atoms with Gasteiger partial charge in [0.15, 0.2) is 5.69 Å². The molecule has 0 atom stereocenters. The van der Waals surface area contributed by atoms with Crippen LogP contribution in [0.2, 0.25) is 0 Å². The second-order valence-corrected chi connectivity index (χ2v) is 4.06. The van der Waals surface area contributed by atoms with Crippen LogP contribution in [0.5, 0.6) is 0 Å². The van der Waals surface area contributed by atoms with Gasteiger partial charge in [0.05, 0.1) is 0 Å². The Balaban J connectivity index is 2.31. The second kappa shape index (κ2) is 4.76. The van der Waals surface area contributed by atoms with Crippen molar-refractivity contribution in [1.82, 2.24) is 9.97 Å². The third-order valence-corrected chi connectivity index (χ3v) is 2.86. The van der Waals surface area contributed by atoms with Crippen LogP contribution in [0.4, 0.5) is 0 Å². The summed E-state index contributed by atoms with van der Waals surface area (Å²) >= 11 is 1.34. The predicted octanol–water partition coefficient (Wildman–Crippen LogP) is 2.33. The maximum atomic E-state index is 10.9. The molecule has 5 heteroatoms. The molecule has 0 aliphatic rings. The normalized spacial score (nSPS) is 10.0. The van der Waals surface area contributed by atoms with E-state index >= 15 is 0 Å². The Morgan fingerprint density at radius 1 is 1.25 bits per heavy atom. The fourth-order valence-electron chi connectivity index (χ4n) is 1.17. The van der Waals surface area contributed by atoms with Crippen LogP contribution in [-0.2, 0) is 0 Å². The first-order valence-corrected chi connectivity index (χ1v) is 5.35. The molecule has 4 nitrogen and oxygen atoms in total. The van der Waals surface area contributed by atoms with Gasteiger partial charge in [-0.25, -0.2) is 9.78 Å². The van der Waals surface area contributed by atoms with Crippen LogP contribution >= 0.6 is 11.8 Å². The summed E-state index contributed by atoms with van der Waals surface area (Å²) in [7, 11) is 0. The number of rotatable bonds is 3. The molecule has 0 saturated heterocycles. The SMILES string of the molecule is O=C(O)c1ncccc1Sc1cccnc1. The van der Waals surface area contributed by atoms with E-state index in [1.807, 2.05) is 6.07 Å². The minimum absolute atomic E-state index is 0.0661. The van der Waals surface area contributed by atoms with Gasteiger partial charge in [0.1, 0.15) is 0 Å². The molecule has 80 valence electrons. The highest BCUT2D eigenvalue weighted by Crippen LogP contribution is 2.28. The van der Waals surface area contributed by atoms with Crippen molar-refractivity contribution in [3.05, 3.63) is 48.5 Å². The van der Waals surface area contributed by atoms with Gasteiger partial charge in [-0.2, -0.15) is 0 Å². The zero-order valence-corrected chi connectivity index (χ0v) is 9.02. The lowest BCUT2D eigenvalue weighted by molar-refractivity contribution is 0.0686. The predicted molar refractivity (Wildman–Crippen MR) is 59.6 cm³/mol. The van der Waals surface area contributed by atoms with Gasteiger partial charge in [-0.15, -0.1) is 0 Å². The van der Waals surface area contributed by atoms with E-state index in [9.17, 15) is 4.79 Å². The molecule has 0 aliphatic carbocycles. The number of hydrogen-bond acceptors (Lipinski definition) is 4. The first-order chi connectivity index (χ1) is 7.77. The summed E-state index contributed by atoms with van der Waals surface area (Å²) in [5.41, 5.74) is 0.0661. The van der Waals surface area contributed by atoms with Crippen LogP contribution in [0, 0.1) is 0 Å². The highest BCUT2D eigenvalue weighted by molar-refractivity contribution is 7.99. The van der Waals surface area contributed by atoms with Gasteiger partial charge in [0.25, 0.3) is 0 Å². The van der Waals surface area contributed by atoms with E-state index in [2.05, 4.69) is 9.97 Å². The number of carbonyl (C=O) groups is 1. The zero-order chi connectivity index (χ0) is 11.4. The number of hydrogen-bond donors (Lipinski definition) is 1. The number of carboxylic acids is 1. The molecule has 0 amide bonds. The number of nitrogens with zero attached hydrogens (tertiary/aromatic N) is 2. The smallest absolute Gasteiger partial charge is 0.355 e. The summed E-state index contributed by atoms with van der Waals surface area (Å²) in [6.45, 7) is 0. The van der Waals surface area contributed by atoms with Crippen molar-refractivity contribution in [2.45, 2.75) is 9.79 Å². The Morgan fingerprint density at radius 3 is 2.75 bits per heavy atom. The fourth-order valence-corrected chi connectivity index (χ4v) is 2.07. The van der Waals surface area contributed by atoms with E-state index < -0.39 is 5.97 Å². The Hall–Kier alpha value is -1.88. The number of carboxylic acid groups (broad SMARTS) is 1. The van der Waals surface area contributed by atoms with E-state index in [0.29, 0.717) is 4.90 Å². The van der Waals surface area contributed by atoms with Gasteiger partial charge in [-0.05, 0) is 24.3 Å². The molecule has 0 bridgehead atoms. The summed E-state index contributed by atoms with van der Waals surface area (Å²) in [6.07, 6.45) is 4.82. The topological polar surface area (TPSA) is 63.1 Å². The van der Waals surface area contributed by atoms with Crippen LogP contribution in [0.15, 0.2) is 52.6 Å². The maximum Gasteiger partial charge on any atom is 0.355 e. The quantitative estimate of drug-likeness (QED) is 0.879. The lowest BCUT2D eigenvalue weighted by Gasteiger charge is -2.03. The molecular weight excluding hydrogens is 224 g/mol. The molecule has 1 N–H and O–H groups in total. The molecule has 2 aromatic heterocycles. The molecule has 2 aromatic rings. The van der Waals surface area contributed by atoms with Crippen molar-refractivity contribution >= 4 is 17.7 Å². The van der Waals surface area contributed by atoms with E-state index in [1.54, 1.807) is 30.6 Å². The molecule has 16 heavy (non-hydrogen) atoms. The number of aromatic carboxylic acids is 1. The van der Waals surface area contributed by atoms with Gasteiger partial charge < -0.3 is 5.11 Å². The van der Waals surface area contributed by atoms with E-state index in [1.165, 1.54) is 18.0 Å². The molecule has 0 fully saturated rings. The minimum atomic E-state index is -1.02. The molecule has 0 aromatic carbocycles. The monoisotopic (exact) mass is 232 g/mol. The largest absolute Gasteiger partial charge is 0.476 e. The van der Waals surface area contributed by atoms with E-state index in [0.717, 1.165) is 4.90 Å². The van der Waals surface area contributed by atoms with Crippen LogP contribution in [-0.4, -0.2) is 21.0 Å². The fraction of sp³-hybridized carbons (Fsp3) is 0. The average molecular weight is 232 g/mol. The highest BCUT2D eigenvalue weighted by Gasteiger charge is 2.11. The van der Waals surface area contributed by atoms with Crippen LogP contribution in [0.1, 0.15) is 10.5 Å². The van der Waals surface area contributed by atoms with Crippen molar-refractivity contribution in [3.63, 3.8) is 0 Å². The first kappa shape index (κ1) is 10.6. The maximum absolute atomic E-state index is 10.9. The van der Waals surface area contributed by atoms with Gasteiger partial charge in [0, 0.05) is 28.4 Å². The Morgan fingerprint density at radius 2 is 2.06 bits per heavy atom. The zero-order valence-electron chi connectivity index (χ0n) is 8.20. The van der Waals surface area contributed by atoms with Crippen molar-refractivity contribution in [1.29, 1.82) is 0 Å². The second-order valence-electron chi connectivity index (χ2n) is 2.95. The summed E-state index contributed by atoms with van der Waals surface area (Å²) in [5.74, 6) is -1.02. The lowest BCUT2D eigenvalue weighted by Crippen LogP contribution is -2.01. The Labute approximate surface area is 96.4 Å². The minimum Gasteiger partial charge on any atom is -0.476 e. The Bertz CT molecular complexity index is 502. The van der Waals surface area contributed by atoms with Crippen LogP contribution < -0.4 is 0 Å². The molecule has 0 radical (unpaired) electrons. The van der Waals surface area contributed by atoms with Gasteiger partial charge in [0.2, 0.25) is 0 Å².